The number of ether oxygens (including phenoxy) is 2. The highest BCUT2D eigenvalue weighted by atomic mass is 35.5. The number of carboxylic acids is 1. The molecule has 7 rings (SSSR count). The molecule has 0 radical (unpaired) electrons. The molecule has 1 amide bonds. The molecule has 1 spiro atoms. The van der Waals surface area contributed by atoms with Crippen molar-refractivity contribution in [2.24, 2.45) is 11.8 Å². The number of pyridine rings is 1. The number of carbonyl (C=O) groups excluding carboxylic acids is 1. The number of amides is 1. The van der Waals surface area contributed by atoms with Gasteiger partial charge in [-0.15, -0.1) is 0 Å². The Morgan fingerprint density at radius 2 is 1.82 bits per heavy atom. The van der Waals surface area contributed by atoms with Crippen molar-refractivity contribution in [3.63, 3.8) is 0 Å². The van der Waals surface area contributed by atoms with Crippen LogP contribution < -0.4 is 20.1 Å². The van der Waals surface area contributed by atoms with Crippen molar-refractivity contribution in [3.8, 4) is 11.5 Å². The number of benzene rings is 3. The zero-order chi connectivity index (χ0) is 38.4. The van der Waals surface area contributed by atoms with Gasteiger partial charge >= 0.3 is 5.97 Å². The lowest BCUT2D eigenvalue weighted by Crippen LogP contribution is -2.53. The molecule has 3 aromatic carbocycles. The number of anilines is 1. The highest BCUT2D eigenvalue weighted by Crippen LogP contribution is 2.57. The number of carboxylic acid groups (broad SMARTS) is 1. The Kier molecular flexibility index (Phi) is 12.0. The van der Waals surface area contributed by atoms with Crippen LogP contribution in [0.15, 0.2) is 85.1 Å². The highest BCUT2D eigenvalue weighted by molar-refractivity contribution is 6.30. The minimum Gasteiger partial charge on any atom is -0.493 e. The Labute approximate surface area is 330 Å². The fourth-order valence-electron chi connectivity index (χ4n) is 9.52. The Bertz CT molecular complexity index is 1960. The number of fused-ring (bicyclic) bond motifs is 3. The van der Waals surface area contributed by atoms with Crippen LogP contribution in [0, 0.1) is 11.8 Å². The van der Waals surface area contributed by atoms with E-state index in [0.717, 1.165) is 61.3 Å². The summed E-state index contributed by atoms with van der Waals surface area (Å²) in [7, 11) is 0. The predicted octanol–water partition coefficient (Wildman–Crippen LogP) is 9.33. The SMILES string of the molecule is C[C@@H](COc1ccnc2c1[C@H](C)CCC2)C[C@H]1Cc2ccc(OCCNC(=O)CCc3ccccc3)cc2C12CCC(Nc1cccc(Cl)c1)(C(=O)O)CC2. The number of hydrogen-bond acceptors (Lipinski definition) is 6. The first-order valence-electron chi connectivity index (χ1n) is 20.1. The van der Waals surface area contributed by atoms with E-state index in [-0.39, 0.29) is 17.2 Å². The largest absolute Gasteiger partial charge is 0.493 e. The molecule has 3 N–H and O–H groups in total. The van der Waals surface area contributed by atoms with E-state index < -0.39 is 11.5 Å². The monoisotopic (exact) mass is 763 g/mol. The van der Waals surface area contributed by atoms with Crippen LogP contribution in [-0.2, 0) is 34.3 Å². The van der Waals surface area contributed by atoms with E-state index in [2.05, 4.69) is 41.6 Å². The average molecular weight is 764 g/mol. The molecule has 1 fully saturated rings. The summed E-state index contributed by atoms with van der Waals surface area (Å²) in [4.78, 5) is 30.2. The molecular weight excluding hydrogens is 710 g/mol. The van der Waals surface area contributed by atoms with Crippen molar-refractivity contribution < 1.29 is 24.2 Å². The van der Waals surface area contributed by atoms with Gasteiger partial charge in [0.15, 0.2) is 0 Å². The van der Waals surface area contributed by atoms with Crippen LogP contribution in [0.1, 0.15) is 99.1 Å². The number of carbonyl (C=O) groups is 2. The summed E-state index contributed by atoms with van der Waals surface area (Å²) in [6.45, 7) is 5.96. The third kappa shape index (κ3) is 8.80. The molecule has 8 nitrogen and oxygen atoms in total. The third-order valence-corrected chi connectivity index (χ3v) is 12.7. The number of aryl methyl sites for hydroxylation is 2. The van der Waals surface area contributed by atoms with E-state index >= 15 is 0 Å². The van der Waals surface area contributed by atoms with Gasteiger partial charge in [-0.1, -0.05) is 67.9 Å². The van der Waals surface area contributed by atoms with Gasteiger partial charge in [-0.05, 0) is 140 Å². The molecule has 0 saturated heterocycles. The smallest absolute Gasteiger partial charge is 0.329 e. The van der Waals surface area contributed by atoms with E-state index in [1.807, 2.05) is 60.8 Å². The van der Waals surface area contributed by atoms with Crippen LogP contribution in [0.25, 0.3) is 0 Å². The number of halogens is 1. The maximum Gasteiger partial charge on any atom is 0.329 e. The molecule has 3 aliphatic rings. The number of rotatable bonds is 15. The summed E-state index contributed by atoms with van der Waals surface area (Å²) in [6.07, 6.45) is 10.7. The second-order valence-corrected chi connectivity index (χ2v) is 16.6. The van der Waals surface area contributed by atoms with Gasteiger partial charge in [0, 0.05) is 34.6 Å². The topological polar surface area (TPSA) is 110 Å². The van der Waals surface area contributed by atoms with Gasteiger partial charge in [-0.25, -0.2) is 4.79 Å². The summed E-state index contributed by atoms with van der Waals surface area (Å²) in [5.74, 6) is 1.97. The lowest BCUT2D eigenvalue weighted by atomic mass is 9.59. The first-order chi connectivity index (χ1) is 26.6. The fraction of sp³-hybridized carbons (Fsp3) is 0.457. The molecule has 55 heavy (non-hydrogen) atoms. The van der Waals surface area contributed by atoms with Gasteiger partial charge in [0.05, 0.1) is 13.2 Å². The number of aliphatic carboxylic acids is 1. The van der Waals surface area contributed by atoms with E-state index in [1.165, 1.54) is 28.8 Å². The number of nitrogens with one attached hydrogen (secondary N) is 2. The first-order valence-corrected chi connectivity index (χ1v) is 20.5. The highest BCUT2D eigenvalue weighted by Gasteiger charge is 2.54. The molecule has 290 valence electrons. The normalized spacial score (nSPS) is 23.3. The maximum absolute atomic E-state index is 13.0. The second-order valence-electron chi connectivity index (χ2n) is 16.2. The Hall–Kier alpha value is -4.56. The summed E-state index contributed by atoms with van der Waals surface area (Å²) in [6, 6.07) is 25.8. The van der Waals surface area contributed by atoms with Crippen LogP contribution in [0.3, 0.4) is 0 Å². The van der Waals surface area contributed by atoms with E-state index in [4.69, 9.17) is 21.1 Å². The van der Waals surface area contributed by atoms with E-state index in [1.54, 1.807) is 12.1 Å². The molecule has 0 aliphatic heterocycles. The summed E-state index contributed by atoms with van der Waals surface area (Å²) >= 11 is 6.30. The number of nitrogens with zero attached hydrogens (tertiary/aromatic N) is 1. The van der Waals surface area contributed by atoms with Crippen LogP contribution in [-0.4, -0.2) is 47.3 Å². The zero-order valence-electron chi connectivity index (χ0n) is 32.1. The molecule has 0 bridgehead atoms. The van der Waals surface area contributed by atoms with Crippen molar-refractivity contribution in [2.75, 3.05) is 25.1 Å². The Morgan fingerprint density at radius 3 is 2.60 bits per heavy atom. The van der Waals surface area contributed by atoms with Crippen molar-refractivity contribution in [1.29, 1.82) is 0 Å². The predicted molar refractivity (Wildman–Crippen MR) is 217 cm³/mol. The van der Waals surface area contributed by atoms with Crippen molar-refractivity contribution in [1.82, 2.24) is 10.3 Å². The Morgan fingerprint density at radius 1 is 1.00 bits per heavy atom. The van der Waals surface area contributed by atoms with Crippen LogP contribution >= 0.6 is 11.6 Å². The summed E-state index contributed by atoms with van der Waals surface area (Å²) in [5.41, 5.74) is 5.59. The van der Waals surface area contributed by atoms with Gasteiger partial charge < -0.3 is 25.2 Å². The van der Waals surface area contributed by atoms with Crippen molar-refractivity contribution >= 4 is 29.2 Å². The minimum atomic E-state index is -1.10. The average Bonchev–Trinajstić information content (AvgIpc) is 3.47. The van der Waals surface area contributed by atoms with E-state index in [0.29, 0.717) is 62.3 Å². The van der Waals surface area contributed by atoms with Gasteiger partial charge in [-0.3, -0.25) is 9.78 Å². The number of hydrogen-bond donors (Lipinski definition) is 3. The third-order valence-electron chi connectivity index (χ3n) is 12.4. The fourth-order valence-corrected chi connectivity index (χ4v) is 9.71. The zero-order valence-corrected chi connectivity index (χ0v) is 32.9. The summed E-state index contributed by atoms with van der Waals surface area (Å²) < 4.78 is 12.8. The quantitative estimate of drug-likeness (QED) is 0.104. The van der Waals surface area contributed by atoms with Crippen molar-refractivity contribution in [3.05, 3.63) is 118 Å². The Balaban J connectivity index is 1.05. The molecule has 0 unspecified atom stereocenters. The molecule has 1 aromatic heterocycles. The molecular formula is C46H54ClN3O5. The van der Waals surface area contributed by atoms with Crippen molar-refractivity contribution in [2.45, 2.75) is 101 Å². The standard InChI is InChI=1S/C46H54ClN3O5/c1-31(30-55-41-18-23-48-40-13-6-8-32(2)43(40)41)26-35-27-34-15-16-38(54-25-24-49-42(51)17-14-33-9-4-3-5-10-33)29-39(34)45(35)19-21-46(22-20-45,44(52)53)50-37-12-7-11-36(47)28-37/h3-5,7,9-12,15-16,18,23,28-29,31-32,35,50H,6,8,13-14,17,19-22,24-27,30H2,1-2H3,(H,49,51)(H,52,53)/t31-,32-,35+,45?,46?/m1/s1. The minimum absolute atomic E-state index is 0.00938. The molecule has 4 aromatic rings. The van der Waals surface area contributed by atoms with Gasteiger partial charge in [0.2, 0.25) is 5.91 Å². The van der Waals surface area contributed by atoms with Gasteiger partial charge in [0.1, 0.15) is 23.6 Å². The van der Waals surface area contributed by atoms with E-state index in [9.17, 15) is 14.7 Å². The van der Waals surface area contributed by atoms with Gasteiger partial charge in [0.25, 0.3) is 0 Å². The molecule has 1 saturated carbocycles. The second kappa shape index (κ2) is 17.1. The lowest BCUT2D eigenvalue weighted by molar-refractivity contribution is -0.144. The molecule has 3 aliphatic carbocycles. The van der Waals surface area contributed by atoms with Crippen LogP contribution in [0.5, 0.6) is 11.5 Å². The number of aromatic nitrogens is 1. The molecule has 9 heteroatoms. The lowest BCUT2D eigenvalue weighted by Gasteiger charge is -2.47. The van der Waals surface area contributed by atoms with Crippen LogP contribution in [0.4, 0.5) is 5.69 Å². The van der Waals surface area contributed by atoms with Crippen LogP contribution in [0.2, 0.25) is 5.02 Å². The van der Waals surface area contributed by atoms with Gasteiger partial charge in [-0.2, -0.15) is 0 Å². The molecule has 1 heterocycles. The first kappa shape index (κ1) is 38.7. The maximum atomic E-state index is 13.0. The molecule has 3 atom stereocenters. The summed E-state index contributed by atoms with van der Waals surface area (Å²) in [5, 5.41) is 17.6.